The summed E-state index contributed by atoms with van der Waals surface area (Å²) in [5.74, 6) is -0.695. The highest BCUT2D eigenvalue weighted by Gasteiger charge is 2.11. The zero-order valence-electron chi connectivity index (χ0n) is 13.5. The van der Waals surface area contributed by atoms with Crippen LogP contribution in [0.4, 0.5) is 14.5 Å². The normalized spacial score (nSPS) is 10.9. The number of anilines is 1. The van der Waals surface area contributed by atoms with Crippen molar-refractivity contribution >= 4 is 5.69 Å². The largest absolute Gasteiger partial charge is 0.369 e. The lowest BCUT2D eigenvalue weighted by molar-refractivity contribution is 0.568. The Labute approximate surface area is 128 Å². The fraction of sp³-hybridized carbons (Fsp3) is 0.667. The van der Waals surface area contributed by atoms with E-state index in [-0.39, 0.29) is 11.6 Å². The van der Waals surface area contributed by atoms with Crippen LogP contribution in [0.2, 0.25) is 0 Å². The highest BCUT2D eigenvalue weighted by atomic mass is 19.1. The number of hydrogen-bond acceptors (Lipinski definition) is 1. The van der Waals surface area contributed by atoms with Crippen LogP contribution >= 0.6 is 0 Å². The van der Waals surface area contributed by atoms with Crippen molar-refractivity contribution < 1.29 is 8.78 Å². The molecule has 1 aromatic rings. The zero-order chi connectivity index (χ0) is 15.5. The van der Waals surface area contributed by atoms with Gasteiger partial charge in [-0.1, -0.05) is 52.4 Å². The van der Waals surface area contributed by atoms with Crippen molar-refractivity contribution in [1.29, 1.82) is 0 Å². The third-order valence-electron chi connectivity index (χ3n) is 3.77. The Morgan fingerprint density at radius 3 is 2.14 bits per heavy atom. The van der Waals surface area contributed by atoms with Gasteiger partial charge < -0.3 is 4.90 Å². The molecule has 0 radical (unpaired) electrons. The number of rotatable bonds is 11. The van der Waals surface area contributed by atoms with Crippen LogP contribution in [0.25, 0.3) is 0 Å². The van der Waals surface area contributed by atoms with Crippen molar-refractivity contribution in [1.82, 2.24) is 0 Å². The van der Waals surface area contributed by atoms with E-state index in [1.54, 1.807) is 0 Å². The van der Waals surface area contributed by atoms with Gasteiger partial charge in [0.25, 0.3) is 0 Å². The predicted molar refractivity (Wildman–Crippen MR) is 86.9 cm³/mol. The molecule has 0 amide bonds. The van der Waals surface area contributed by atoms with Crippen LogP contribution in [-0.4, -0.2) is 13.1 Å². The molecule has 1 nitrogen and oxygen atoms in total. The molecule has 0 aromatic heterocycles. The quantitative estimate of drug-likeness (QED) is 0.457. The Morgan fingerprint density at radius 1 is 0.810 bits per heavy atom. The number of nitrogens with zero attached hydrogens (tertiary/aromatic N) is 1. The summed E-state index contributed by atoms with van der Waals surface area (Å²) in [5.41, 5.74) is 0.405. The molecule has 0 bridgehead atoms. The molecular weight excluding hydrogens is 268 g/mol. The zero-order valence-corrected chi connectivity index (χ0v) is 13.5. The number of halogens is 2. The van der Waals surface area contributed by atoms with Gasteiger partial charge in [-0.3, -0.25) is 0 Å². The van der Waals surface area contributed by atoms with E-state index in [2.05, 4.69) is 13.8 Å². The molecule has 0 aliphatic heterocycles. The number of unbranched alkanes of at least 4 members (excludes halogenated alkanes) is 6. The maximum atomic E-state index is 13.8. The Balaban J connectivity index is 2.41. The lowest BCUT2D eigenvalue weighted by atomic mass is 10.1. The molecule has 0 aliphatic rings. The van der Waals surface area contributed by atoms with Crippen molar-refractivity contribution in [2.75, 3.05) is 18.0 Å². The molecule has 0 fully saturated rings. The molecule has 0 unspecified atom stereocenters. The summed E-state index contributed by atoms with van der Waals surface area (Å²) in [6, 6.07) is 3.71. The van der Waals surface area contributed by atoms with Gasteiger partial charge in [-0.05, 0) is 25.0 Å². The van der Waals surface area contributed by atoms with E-state index in [1.807, 2.05) is 4.90 Å². The molecule has 1 rings (SSSR count). The van der Waals surface area contributed by atoms with Gasteiger partial charge in [0.2, 0.25) is 0 Å². The Bertz CT molecular complexity index is 393. The summed E-state index contributed by atoms with van der Waals surface area (Å²) in [6.07, 6.45) is 9.57. The summed E-state index contributed by atoms with van der Waals surface area (Å²) in [7, 11) is 0. The first-order chi connectivity index (χ1) is 10.2. The highest BCUT2D eigenvalue weighted by Crippen LogP contribution is 2.21. The first kappa shape index (κ1) is 17.9. The van der Waals surface area contributed by atoms with Crippen LogP contribution in [0, 0.1) is 11.6 Å². The molecule has 0 spiro atoms. The Hall–Kier alpha value is -1.12. The molecule has 120 valence electrons. The first-order valence-corrected chi connectivity index (χ1v) is 8.39. The second-order valence-electron chi connectivity index (χ2n) is 5.70. The molecule has 0 saturated heterocycles. The summed E-state index contributed by atoms with van der Waals surface area (Å²) in [5, 5.41) is 0. The van der Waals surface area contributed by atoms with Gasteiger partial charge in [0.05, 0.1) is 5.69 Å². The average molecular weight is 297 g/mol. The third-order valence-corrected chi connectivity index (χ3v) is 3.77. The van der Waals surface area contributed by atoms with E-state index in [4.69, 9.17) is 0 Å². The van der Waals surface area contributed by atoms with Crippen LogP contribution in [0.15, 0.2) is 18.2 Å². The van der Waals surface area contributed by atoms with Crippen molar-refractivity contribution in [3.05, 3.63) is 29.8 Å². The Kier molecular flexibility index (Phi) is 9.04. The summed E-state index contributed by atoms with van der Waals surface area (Å²) >= 11 is 0. The van der Waals surface area contributed by atoms with Crippen molar-refractivity contribution in [2.24, 2.45) is 0 Å². The lowest BCUT2D eigenvalue weighted by Gasteiger charge is -2.25. The SMILES string of the molecule is CCCCCCCCCN(CCC)c1cc(F)ccc1F. The second-order valence-corrected chi connectivity index (χ2v) is 5.70. The van der Waals surface area contributed by atoms with E-state index in [9.17, 15) is 8.78 Å². The first-order valence-electron chi connectivity index (χ1n) is 8.39. The average Bonchev–Trinajstić information content (AvgIpc) is 2.48. The van der Waals surface area contributed by atoms with Crippen LogP contribution < -0.4 is 4.90 Å². The number of benzene rings is 1. The fourth-order valence-corrected chi connectivity index (χ4v) is 2.61. The van der Waals surface area contributed by atoms with Gasteiger partial charge in [-0.2, -0.15) is 0 Å². The topological polar surface area (TPSA) is 3.24 Å². The van der Waals surface area contributed by atoms with Gasteiger partial charge in [0, 0.05) is 19.2 Å². The molecule has 0 N–H and O–H groups in total. The molecule has 0 atom stereocenters. The van der Waals surface area contributed by atoms with Gasteiger partial charge in [0.1, 0.15) is 11.6 Å². The number of hydrogen-bond donors (Lipinski definition) is 0. The molecule has 0 aliphatic carbocycles. The maximum absolute atomic E-state index is 13.8. The van der Waals surface area contributed by atoms with Crippen molar-refractivity contribution in [3.63, 3.8) is 0 Å². The monoisotopic (exact) mass is 297 g/mol. The maximum Gasteiger partial charge on any atom is 0.146 e. The van der Waals surface area contributed by atoms with Crippen LogP contribution in [0.3, 0.4) is 0 Å². The minimum absolute atomic E-state index is 0.326. The standard InChI is InChI=1S/C18H29F2N/c1-3-5-6-7-8-9-10-14-21(13-4-2)18-15-16(19)11-12-17(18)20/h11-12,15H,3-10,13-14H2,1-2H3. The van der Waals surface area contributed by atoms with Crippen LogP contribution in [0.5, 0.6) is 0 Å². The van der Waals surface area contributed by atoms with Crippen LogP contribution in [-0.2, 0) is 0 Å². The second kappa shape index (κ2) is 10.6. The van der Waals surface area contributed by atoms with E-state index < -0.39 is 0 Å². The van der Waals surface area contributed by atoms with Crippen LogP contribution in [0.1, 0.15) is 65.2 Å². The smallest absolute Gasteiger partial charge is 0.146 e. The summed E-state index contributed by atoms with van der Waals surface area (Å²) in [4.78, 5) is 1.98. The van der Waals surface area contributed by atoms with Gasteiger partial charge in [-0.15, -0.1) is 0 Å². The Morgan fingerprint density at radius 2 is 1.48 bits per heavy atom. The molecule has 0 saturated carbocycles. The van der Waals surface area contributed by atoms with E-state index in [1.165, 1.54) is 56.7 Å². The molecule has 21 heavy (non-hydrogen) atoms. The lowest BCUT2D eigenvalue weighted by Crippen LogP contribution is -2.26. The van der Waals surface area contributed by atoms with Gasteiger partial charge in [0.15, 0.2) is 0 Å². The van der Waals surface area contributed by atoms with Crippen molar-refractivity contribution in [3.8, 4) is 0 Å². The molecule has 1 aromatic carbocycles. The molecule has 3 heteroatoms. The molecule has 0 heterocycles. The highest BCUT2D eigenvalue weighted by molar-refractivity contribution is 5.47. The van der Waals surface area contributed by atoms with E-state index >= 15 is 0 Å². The third kappa shape index (κ3) is 6.92. The van der Waals surface area contributed by atoms with Crippen molar-refractivity contribution in [2.45, 2.75) is 65.2 Å². The van der Waals surface area contributed by atoms with Gasteiger partial charge >= 0.3 is 0 Å². The minimum atomic E-state index is -0.368. The van der Waals surface area contributed by atoms with Gasteiger partial charge in [-0.25, -0.2) is 8.78 Å². The predicted octanol–water partition coefficient (Wildman–Crippen LogP) is 5.93. The minimum Gasteiger partial charge on any atom is -0.369 e. The summed E-state index contributed by atoms with van der Waals surface area (Å²) < 4.78 is 27.2. The van der Waals surface area contributed by atoms with E-state index in [0.717, 1.165) is 25.9 Å². The molecular formula is C18H29F2N. The fourth-order valence-electron chi connectivity index (χ4n) is 2.61. The summed E-state index contributed by atoms with van der Waals surface area (Å²) in [6.45, 7) is 5.86. The van der Waals surface area contributed by atoms with E-state index in [0.29, 0.717) is 5.69 Å².